The molecule has 0 aliphatic heterocycles. The maximum absolute atomic E-state index is 11.4. The van der Waals surface area contributed by atoms with Crippen molar-refractivity contribution < 1.29 is 9.90 Å². The fourth-order valence-electron chi connectivity index (χ4n) is 1.14. The second-order valence-corrected chi connectivity index (χ2v) is 3.33. The zero-order valence-corrected chi connectivity index (χ0v) is 9.26. The van der Waals surface area contributed by atoms with Crippen molar-refractivity contribution in [1.29, 1.82) is 0 Å². The number of likely N-dealkylation sites (N-methyl/N-ethyl adjacent to an activating group) is 1. The molecule has 0 saturated carbocycles. The Morgan fingerprint density at radius 3 is 2.81 bits per heavy atom. The Morgan fingerprint density at radius 1 is 1.50 bits per heavy atom. The topological polar surface area (TPSA) is 78.4 Å². The highest BCUT2D eigenvalue weighted by molar-refractivity contribution is 5.80. The molecule has 2 N–H and O–H groups in total. The van der Waals surface area contributed by atoms with Crippen LogP contribution >= 0.6 is 0 Å². The molecule has 1 heterocycles. The van der Waals surface area contributed by atoms with Gasteiger partial charge in [0, 0.05) is 32.6 Å². The molecule has 0 radical (unpaired) electrons. The number of amides is 1. The van der Waals surface area contributed by atoms with Crippen LogP contribution in [0, 0.1) is 0 Å². The van der Waals surface area contributed by atoms with Crippen LogP contribution in [0.5, 0.6) is 0 Å². The minimum absolute atomic E-state index is 0.0813. The highest BCUT2D eigenvalue weighted by Gasteiger charge is 2.08. The third kappa shape index (κ3) is 4.22. The molecule has 0 bridgehead atoms. The Morgan fingerprint density at radius 2 is 2.19 bits per heavy atom. The molecule has 0 aliphatic rings. The van der Waals surface area contributed by atoms with E-state index in [4.69, 9.17) is 5.11 Å². The maximum Gasteiger partial charge on any atom is 0.239 e. The molecule has 88 valence electrons. The molecule has 0 atom stereocenters. The molecule has 0 unspecified atom stereocenters. The molecular weight excluding hydrogens is 208 g/mol. The third-order valence-corrected chi connectivity index (χ3v) is 1.93. The van der Waals surface area contributed by atoms with E-state index in [2.05, 4.69) is 15.3 Å². The minimum Gasteiger partial charge on any atom is -0.396 e. The van der Waals surface area contributed by atoms with Crippen molar-refractivity contribution in [3.63, 3.8) is 0 Å². The molecule has 1 aromatic rings. The van der Waals surface area contributed by atoms with Crippen LogP contribution in [0.3, 0.4) is 0 Å². The number of nitrogens with one attached hydrogen (secondary N) is 1. The van der Waals surface area contributed by atoms with Crippen molar-refractivity contribution in [3.05, 3.63) is 18.5 Å². The van der Waals surface area contributed by atoms with Crippen LogP contribution in [0.15, 0.2) is 18.5 Å². The molecule has 6 nitrogen and oxygen atoms in total. The van der Waals surface area contributed by atoms with E-state index >= 15 is 0 Å². The van der Waals surface area contributed by atoms with Gasteiger partial charge in [-0.2, -0.15) is 0 Å². The number of rotatable bonds is 6. The standard InChI is InChI=1S/C10H16N4O2/c1-14(10-12-4-2-5-13-10)8-9(16)11-6-3-7-15/h2,4-5,15H,3,6-8H2,1H3,(H,11,16). The van der Waals surface area contributed by atoms with Gasteiger partial charge >= 0.3 is 0 Å². The molecule has 0 fully saturated rings. The number of anilines is 1. The summed E-state index contributed by atoms with van der Waals surface area (Å²) in [6.07, 6.45) is 3.82. The van der Waals surface area contributed by atoms with Crippen molar-refractivity contribution >= 4 is 11.9 Å². The largest absolute Gasteiger partial charge is 0.396 e. The van der Waals surface area contributed by atoms with Gasteiger partial charge < -0.3 is 15.3 Å². The van der Waals surface area contributed by atoms with Crippen LogP contribution in [0.2, 0.25) is 0 Å². The summed E-state index contributed by atoms with van der Waals surface area (Å²) in [4.78, 5) is 21.1. The Labute approximate surface area is 94.3 Å². The first-order valence-electron chi connectivity index (χ1n) is 5.09. The fourth-order valence-corrected chi connectivity index (χ4v) is 1.14. The van der Waals surface area contributed by atoms with Crippen molar-refractivity contribution in [2.24, 2.45) is 0 Å². The average molecular weight is 224 g/mol. The van der Waals surface area contributed by atoms with Crippen LogP contribution < -0.4 is 10.2 Å². The first kappa shape index (κ1) is 12.4. The quantitative estimate of drug-likeness (QED) is 0.632. The number of hydrogen-bond acceptors (Lipinski definition) is 5. The van der Waals surface area contributed by atoms with E-state index in [9.17, 15) is 4.79 Å². The second kappa shape index (κ2) is 6.73. The van der Waals surface area contributed by atoms with Gasteiger partial charge in [-0.1, -0.05) is 0 Å². The number of aromatic nitrogens is 2. The minimum atomic E-state index is -0.108. The van der Waals surface area contributed by atoms with E-state index < -0.39 is 0 Å². The number of carbonyl (C=O) groups excluding carboxylic acids is 1. The van der Waals surface area contributed by atoms with Gasteiger partial charge in [-0.15, -0.1) is 0 Å². The Bertz CT molecular complexity index is 318. The normalized spacial score (nSPS) is 9.88. The molecule has 1 rings (SSSR count). The summed E-state index contributed by atoms with van der Waals surface area (Å²) >= 11 is 0. The monoisotopic (exact) mass is 224 g/mol. The van der Waals surface area contributed by atoms with Gasteiger partial charge in [0.25, 0.3) is 0 Å². The molecule has 1 amide bonds. The lowest BCUT2D eigenvalue weighted by Crippen LogP contribution is -2.36. The fraction of sp³-hybridized carbons (Fsp3) is 0.500. The third-order valence-electron chi connectivity index (χ3n) is 1.93. The van der Waals surface area contributed by atoms with Gasteiger partial charge in [0.15, 0.2) is 0 Å². The van der Waals surface area contributed by atoms with Gasteiger partial charge in [-0.25, -0.2) is 9.97 Å². The van der Waals surface area contributed by atoms with Crippen LogP contribution in [0.25, 0.3) is 0 Å². The Kier molecular flexibility index (Phi) is 5.21. The van der Waals surface area contributed by atoms with Gasteiger partial charge in [0.2, 0.25) is 11.9 Å². The number of hydrogen-bond donors (Lipinski definition) is 2. The van der Waals surface area contributed by atoms with Gasteiger partial charge in [-0.05, 0) is 12.5 Å². The molecule has 0 aliphatic carbocycles. The number of carbonyl (C=O) groups is 1. The van der Waals surface area contributed by atoms with Crippen molar-refractivity contribution in [2.45, 2.75) is 6.42 Å². The molecule has 6 heteroatoms. The Balaban J connectivity index is 2.34. The first-order chi connectivity index (χ1) is 7.74. The molecule has 16 heavy (non-hydrogen) atoms. The van der Waals surface area contributed by atoms with E-state index in [0.29, 0.717) is 18.9 Å². The Hall–Kier alpha value is -1.69. The van der Waals surface area contributed by atoms with Crippen LogP contribution in [-0.2, 0) is 4.79 Å². The number of aliphatic hydroxyl groups is 1. The van der Waals surface area contributed by atoms with E-state index in [1.165, 1.54) is 0 Å². The van der Waals surface area contributed by atoms with Crippen LogP contribution in [-0.4, -0.2) is 47.7 Å². The summed E-state index contributed by atoms with van der Waals surface area (Å²) in [6, 6.07) is 1.72. The average Bonchev–Trinajstić information content (AvgIpc) is 2.30. The van der Waals surface area contributed by atoms with Gasteiger partial charge in [-0.3, -0.25) is 4.79 Å². The van der Waals surface area contributed by atoms with Crippen LogP contribution in [0.4, 0.5) is 5.95 Å². The van der Waals surface area contributed by atoms with E-state index in [0.717, 1.165) is 0 Å². The van der Waals surface area contributed by atoms with E-state index in [1.807, 2.05) is 0 Å². The predicted octanol–water partition coefficient (Wildman–Crippen LogP) is -0.589. The summed E-state index contributed by atoms with van der Waals surface area (Å²) in [5, 5.41) is 11.2. The zero-order valence-electron chi connectivity index (χ0n) is 9.26. The van der Waals surface area contributed by atoms with Gasteiger partial charge in [0.05, 0.1) is 6.54 Å². The number of nitrogens with zero attached hydrogens (tertiary/aromatic N) is 3. The van der Waals surface area contributed by atoms with E-state index in [-0.39, 0.29) is 19.1 Å². The number of aliphatic hydroxyl groups excluding tert-OH is 1. The van der Waals surface area contributed by atoms with E-state index in [1.54, 1.807) is 30.4 Å². The predicted molar refractivity (Wildman–Crippen MR) is 60.0 cm³/mol. The molecule has 0 aromatic carbocycles. The molecule has 0 spiro atoms. The zero-order chi connectivity index (χ0) is 11.8. The van der Waals surface area contributed by atoms with Crippen molar-refractivity contribution in [2.75, 3.05) is 31.6 Å². The maximum atomic E-state index is 11.4. The first-order valence-corrected chi connectivity index (χ1v) is 5.09. The summed E-state index contributed by atoms with van der Waals surface area (Å²) in [7, 11) is 1.75. The summed E-state index contributed by atoms with van der Waals surface area (Å²) in [5.74, 6) is 0.406. The highest BCUT2D eigenvalue weighted by Crippen LogP contribution is 2.00. The highest BCUT2D eigenvalue weighted by atomic mass is 16.3. The lowest BCUT2D eigenvalue weighted by molar-refractivity contribution is -0.119. The molecule has 1 aromatic heterocycles. The summed E-state index contributed by atoms with van der Waals surface area (Å²) < 4.78 is 0. The smallest absolute Gasteiger partial charge is 0.239 e. The van der Waals surface area contributed by atoms with Crippen molar-refractivity contribution in [3.8, 4) is 0 Å². The molecule has 0 saturated heterocycles. The van der Waals surface area contributed by atoms with Crippen molar-refractivity contribution in [1.82, 2.24) is 15.3 Å². The summed E-state index contributed by atoms with van der Waals surface area (Å²) in [5.41, 5.74) is 0. The SMILES string of the molecule is CN(CC(=O)NCCCO)c1ncccn1. The molecular formula is C10H16N4O2. The van der Waals surface area contributed by atoms with Gasteiger partial charge in [0.1, 0.15) is 0 Å². The second-order valence-electron chi connectivity index (χ2n) is 3.33. The van der Waals surface area contributed by atoms with Crippen LogP contribution in [0.1, 0.15) is 6.42 Å². The lowest BCUT2D eigenvalue weighted by atomic mass is 10.4. The summed E-state index contributed by atoms with van der Waals surface area (Å²) in [6.45, 7) is 0.770. The lowest BCUT2D eigenvalue weighted by Gasteiger charge is -2.15.